The molecular weight excluding hydrogens is 417 g/mol. The summed E-state index contributed by atoms with van der Waals surface area (Å²) in [5.41, 5.74) is 0.327. The maximum absolute atomic E-state index is 12.9. The van der Waals surface area contributed by atoms with Crippen molar-refractivity contribution in [1.82, 2.24) is 19.0 Å². The third-order valence-corrected chi connectivity index (χ3v) is 6.28. The van der Waals surface area contributed by atoms with Gasteiger partial charge in [-0.2, -0.15) is 13.2 Å². The van der Waals surface area contributed by atoms with Crippen LogP contribution in [0.1, 0.15) is 11.3 Å². The Morgan fingerprint density at radius 2 is 2.04 bits per heavy atom. The molecule has 0 aromatic carbocycles. The maximum atomic E-state index is 12.9. The van der Waals surface area contributed by atoms with Crippen molar-refractivity contribution in [3.8, 4) is 10.4 Å². The Balaban J connectivity index is 1.83. The average molecular weight is 431 g/mol. The summed E-state index contributed by atoms with van der Waals surface area (Å²) in [4.78, 5) is 30.3. The summed E-state index contributed by atoms with van der Waals surface area (Å²) in [6.45, 7) is 1.09. The topological polar surface area (TPSA) is 60.1 Å². The molecule has 3 aromatic heterocycles. The first kappa shape index (κ1) is 19.0. The highest BCUT2D eigenvalue weighted by atomic mass is 35.5. The monoisotopic (exact) mass is 430 g/mol. The van der Waals surface area contributed by atoms with Crippen molar-refractivity contribution in [3.63, 3.8) is 0 Å². The number of likely N-dealkylation sites (tertiary alicyclic amines) is 1. The summed E-state index contributed by atoms with van der Waals surface area (Å²) in [6.07, 6.45) is -2.19. The van der Waals surface area contributed by atoms with Gasteiger partial charge in [-0.25, -0.2) is 9.78 Å². The lowest BCUT2D eigenvalue weighted by atomic mass is 10.2. The number of hydrogen-bond acceptors (Lipinski definition) is 4. The van der Waals surface area contributed by atoms with Crippen molar-refractivity contribution in [2.45, 2.75) is 19.1 Å². The molecule has 3 aromatic rings. The van der Waals surface area contributed by atoms with Crippen LogP contribution in [0, 0.1) is 0 Å². The molecule has 0 radical (unpaired) electrons. The molecule has 0 N–H and O–H groups in total. The number of nitrogens with zero attached hydrogens (tertiary/aromatic N) is 4. The summed E-state index contributed by atoms with van der Waals surface area (Å²) in [5, 5.41) is 0.0923. The number of aromatic nitrogens is 3. The predicted octanol–water partition coefficient (Wildman–Crippen LogP) is 3.37. The van der Waals surface area contributed by atoms with Crippen LogP contribution in [0.4, 0.5) is 13.2 Å². The van der Waals surface area contributed by atoms with Gasteiger partial charge in [0, 0.05) is 36.8 Å². The molecule has 6 nitrogen and oxygen atoms in total. The van der Waals surface area contributed by atoms with E-state index in [2.05, 4.69) is 4.98 Å². The lowest BCUT2D eigenvalue weighted by Gasteiger charge is -2.30. The van der Waals surface area contributed by atoms with E-state index in [1.54, 1.807) is 4.90 Å². The molecule has 0 atom stereocenters. The molecule has 1 aliphatic heterocycles. The zero-order valence-corrected chi connectivity index (χ0v) is 16.2. The standard InChI is InChI=1S/C17H14ClF3N4O2S/c1-23-15-14(25(16(23)27)8-12(26)24-5-2-6-24)13(18)9(7-22-15)10-3-4-11(28-10)17(19,20)21/h3-4,7H,2,5-6,8H2,1H3. The zero-order chi connectivity index (χ0) is 20.2. The van der Waals surface area contributed by atoms with Gasteiger partial charge < -0.3 is 4.90 Å². The van der Waals surface area contributed by atoms with E-state index in [9.17, 15) is 22.8 Å². The van der Waals surface area contributed by atoms with Crippen molar-refractivity contribution in [2.75, 3.05) is 13.1 Å². The van der Waals surface area contributed by atoms with Crippen molar-refractivity contribution >= 4 is 40.0 Å². The Labute approximate surface area is 165 Å². The second kappa shape index (κ2) is 6.63. The van der Waals surface area contributed by atoms with Gasteiger partial charge in [0.25, 0.3) is 0 Å². The SMILES string of the molecule is Cn1c(=O)n(CC(=O)N2CCC2)c2c(Cl)c(-c3ccc(C(F)(F)F)s3)cnc21. The fraction of sp³-hybridized carbons (Fsp3) is 0.353. The van der Waals surface area contributed by atoms with Crippen LogP contribution in [0.15, 0.2) is 23.1 Å². The summed E-state index contributed by atoms with van der Waals surface area (Å²) in [6, 6.07) is 2.30. The smallest absolute Gasteiger partial charge is 0.341 e. The highest BCUT2D eigenvalue weighted by molar-refractivity contribution is 7.15. The number of amides is 1. The summed E-state index contributed by atoms with van der Waals surface area (Å²) in [5.74, 6) is -0.210. The fourth-order valence-corrected chi connectivity index (χ4v) is 4.36. The number of alkyl halides is 3. The van der Waals surface area contributed by atoms with Gasteiger partial charge in [0.1, 0.15) is 16.9 Å². The van der Waals surface area contributed by atoms with E-state index in [0.717, 1.165) is 12.5 Å². The molecule has 4 heterocycles. The number of fused-ring (bicyclic) bond motifs is 1. The van der Waals surface area contributed by atoms with Crippen molar-refractivity contribution in [2.24, 2.45) is 7.05 Å². The van der Waals surface area contributed by atoms with E-state index in [4.69, 9.17) is 11.6 Å². The molecule has 1 aliphatic rings. The Hall–Kier alpha value is -2.33. The van der Waals surface area contributed by atoms with Gasteiger partial charge in [-0.1, -0.05) is 11.6 Å². The van der Waals surface area contributed by atoms with Gasteiger partial charge in [0.15, 0.2) is 5.65 Å². The first-order valence-electron chi connectivity index (χ1n) is 8.37. The van der Waals surface area contributed by atoms with E-state index in [1.807, 2.05) is 0 Å². The Kier molecular flexibility index (Phi) is 4.50. The third kappa shape index (κ3) is 3.00. The maximum Gasteiger partial charge on any atom is 0.425 e. The Bertz CT molecular complexity index is 1140. The van der Waals surface area contributed by atoms with Crippen molar-refractivity contribution < 1.29 is 18.0 Å². The minimum absolute atomic E-state index is 0.0923. The molecule has 1 amide bonds. The van der Waals surface area contributed by atoms with Crippen LogP contribution in [-0.2, 0) is 24.6 Å². The highest BCUT2D eigenvalue weighted by Crippen LogP contribution is 2.41. The van der Waals surface area contributed by atoms with Gasteiger partial charge >= 0.3 is 11.9 Å². The Morgan fingerprint density at radius 1 is 1.32 bits per heavy atom. The number of thiophene rings is 1. The van der Waals surface area contributed by atoms with Gasteiger partial charge in [0.05, 0.1) is 5.02 Å². The number of imidazole rings is 1. The third-order valence-electron chi connectivity index (χ3n) is 4.73. The number of rotatable bonds is 3. The predicted molar refractivity (Wildman–Crippen MR) is 99.5 cm³/mol. The average Bonchev–Trinajstić information content (AvgIpc) is 3.14. The van der Waals surface area contributed by atoms with Crippen LogP contribution in [-0.4, -0.2) is 38.0 Å². The molecule has 1 fully saturated rings. The van der Waals surface area contributed by atoms with E-state index >= 15 is 0 Å². The molecule has 1 saturated heterocycles. The largest absolute Gasteiger partial charge is 0.425 e. The van der Waals surface area contributed by atoms with Gasteiger partial charge in [-0.05, 0) is 18.6 Å². The minimum atomic E-state index is -4.45. The van der Waals surface area contributed by atoms with Crippen LogP contribution >= 0.6 is 22.9 Å². The fourth-order valence-electron chi connectivity index (χ4n) is 3.08. The van der Waals surface area contributed by atoms with Gasteiger partial charge in [-0.3, -0.25) is 13.9 Å². The molecule has 28 heavy (non-hydrogen) atoms. The van der Waals surface area contributed by atoms with Crippen LogP contribution in [0.3, 0.4) is 0 Å². The molecule has 0 bridgehead atoms. The minimum Gasteiger partial charge on any atom is -0.341 e. The van der Waals surface area contributed by atoms with E-state index in [-0.39, 0.29) is 39.1 Å². The first-order chi connectivity index (χ1) is 13.2. The van der Waals surface area contributed by atoms with E-state index < -0.39 is 16.7 Å². The number of carbonyl (C=O) groups excluding carboxylic acids is 1. The molecule has 0 saturated carbocycles. The van der Waals surface area contributed by atoms with Crippen LogP contribution in [0.2, 0.25) is 5.02 Å². The molecule has 148 valence electrons. The highest BCUT2D eigenvalue weighted by Gasteiger charge is 2.33. The van der Waals surface area contributed by atoms with E-state index in [1.165, 1.54) is 28.4 Å². The number of hydrogen-bond donors (Lipinski definition) is 0. The first-order valence-corrected chi connectivity index (χ1v) is 9.57. The van der Waals surface area contributed by atoms with Crippen LogP contribution in [0.25, 0.3) is 21.6 Å². The van der Waals surface area contributed by atoms with E-state index in [0.29, 0.717) is 24.4 Å². The summed E-state index contributed by atoms with van der Waals surface area (Å²) < 4.78 is 41.3. The summed E-state index contributed by atoms with van der Waals surface area (Å²) in [7, 11) is 1.51. The molecule has 0 aliphatic carbocycles. The normalized spacial score (nSPS) is 14.5. The molecule has 11 heteroatoms. The molecule has 0 unspecified atom stereocenters. The zero-order valence-electron chi connectivity index (χ0n) is 14.6. The van der Waals surface area contributed by atoms with Gasteiger partial charge in [0.2, 0.25) is 5.91 Å². The quantitative estimate of drug-likeness (QED) is 0.640. The van der Waals surface area contributed by atoms with Crippen molar-refractivity contribution in [3.05, 3.63) is 38.7 Å². The van der Waals surface area contributed by atoms with Crippen LogP contribution in [0.5, 0.6) is 0 Å². The number of aryl methyl sites for hydroxylation is 1. The lowest BCUT2D eigenvalue weighted by molar-refractivity contribution is -0.135. The molecule has 0 spiro atoms. The number of pyridine rings is 1. The lowest BCUT2D eigenvalue weighted by Crippen LogP contribution is -2.44. The van der Waals surface area contributed by atoms with Crippen molar-refractivity contribution in [1.29, 1.82) is 0 Å². The molecule has 4 rings (SSSR count). The second-order valence-electron chi connectivity index (χ2n) is 6.48. The number of carbonyl (C=O) groups is 1. The van der Waals surface area contributed by atoms with Gasteiger partial charge in [-0.15, -0.1) is 11.3 Å². The Morgan fingerprint density at radius 3 is 2.61 bits per heavy atom. The van der Waals surface area contributed by atoms with Crippen LogP contribution < -0.4 is 5.69 Å². The molecular formula is C17H14ClF3N4O2S. The summed E-state index contributed by atoms with van der Waals surface area (Å²) >= 11 is 7.03. The number of halogens is 4. The second-order valence-corrected chi connectivity index (χ2v) is 7.94.